The molecule has 0 saturated carbocycles. The summed E-state index contributed by atoms with van der Waals surface area (Å²) in [7, 11) is 0. The number of rotatable bonds is 3. The van der Waals surface area contributed by atoms with Crippen LogP contribution in [0.3, 0.4) is 0 Å². The average molecular weight is 196 g/mol. The fourth-order valence-electron chi connectivity index (χ4n) is 0.844. The second-order valence-corrected chi connectivity index (χ2v) is 3.42. The van der Waals surface area contributed by atoms with Gasteiger partial charge in [0, 0.05) is 0 Å². The van der Waals surface area contributed by atoms with Gasteiger partial charge in [-0.25, -0.2) is 9.97 Å². The summed E-state index contributed by atoms with van der Waals surface area (Å²) in [5, 5.41) is 11.0. The highest BCUT2D eigenvalue weighted by Gasteiger charge is 1.99. The monoisotopic (exact) mass is 196 g/mol. The van der Waals surface area contributed by atoms with Gasteiger partial charge in [0.15, 0.2) is 5.13 Å². The van der Waals surface area contributed by atoms with Crippen LogP contribution >= 0.6 is 11.3 Å². The number of nitrogens with zero attached hydrogens (tertiary/aromatic N) is 3. The van der Waals surface area contributed by atoms with Gasteiger partial charge in [0.2, 0.25) is 0 Å². The average Bonchev–Trinajstić information content (AvgIpc) is 2.71. The van der Waals surface area contributed by atoms with Gasteiger partial charge in [0.25, 0.3) is 0 Å². The number of thiazole rings is 1. The van der Waals surface area contributed by atoms with E-state index in [-0.39, 0.29) is 0 Å². The molecule has 0 amide bonds. The van der Waals surface area contributed by atoms with Crippen LogP contribution < -0.4 is 11.1 Å². The fourth-order valence-corrected chi connectivity index (χ4v) is 1.42. The Morgan fingerprint density at radius 1 is 1.54 bits per heavy atom. The predicted molar refractivity (Wildman–Crippen MR) is 50.2 cm³/mol. The Kier molecular flexibility index (Phi) is 2.09. The third kappa shape index (κ3) is 1.94. The van der Waals surface area contributed by atoms with Crippen molar-refractivity contribution in [1.82, 2.24) is 20.2 Å². The number of aromatic amines is 1. The molecule has 0 aliphatic heterocycles. The number of hydrogen-bond acceptors (Lipinski definition) is 6. The summed E-state index contributed by atoms with van der Waals surface area (Å²) in [6.45, 7) is 0.576. The first-order chi connectivity index (χ1) is 6.34. The number of hydrogen-bond donors (Lipinski definition) is 3. The van der Waals surface area contributed by atoms with E-state index in [0.717, 1.165) is 11.0 Å². The summed E-state index contributed by atoms with van der Waals surface area (Å²) in [5.41, 5.74) is 5.51. The van der Waals surface area contributed by atoms with Crippen LogP contribution in [-0.4, -0.2) is 20.2 Å². The Morgan fingerprint density at radius 3 is 3.08 bits per heavy atom. The van der Waals surface area contributed by atoms with E-state index in [1.54, 1.807) is 6.20 Å². The Balaban J connectivity index is 1.93. The lowest BCUT2D eigenvalue weighted by Gasteiger charge is -1.96. The zero-order valence-electron chi connectivity index (χ0n) is 6.69. The van der Waals surface area contributed by atoms with Gasteiger partial charge in [-0.05, 0) is 0 Å². The van der Waals surface area contributed by atoms with Crippen LogP contribution in [0.2, 0.25) is 0 Å². The van der Waals surface area contributed by atoms with E-state index in [0.29, 0.717) is 11.5 Å². The summed E-state index contributed by atoms with van der Waals surface area (Å²) in [6, 6.07) is 0. The Bertz CT molecular complexity index is 366. The van der Waals surface area contributed by atoms with Crippen molar-refractivity contribution in [1.29, 1.82) is 0 Å². The van der Waals surface area contributed by atoms with Crippen molar-refractivity contribution < 1.29 is 0 Å². The molecule has 13 heavy (non-hydrogen) atoms. The molecule has 0 aromatic carbocycles. The number of nitrogens with one attached hydrogen (secondary N) is 2. The number of H-pyrrole nitrogens is 1. The van der Waals surface area contributed by atoms with E-state index in [1.807, 2.05) is 0 Å². The third-order valence-corrected chi connectivity index (χ3v) is 2.18. The van der Waals surface area contributed by atoms with Crippen molar-refractivity contribution in [3.8, 4) is 0 Å². The van der Waals surface area contributed by atoms with Gasteiger partial charge in [-0.15, -0.1) is 0 Å². The molecular formula is C6H8N6S. The normalized spacial score (nSPS) is 10.2. The molecule has 2 heterocycles. The second kappa shape index (κ2) is 3.40. The summed E-state index contributed by atoms with van der Waals surface area (Å²) in [5.74, 6) is 0.772. The summed E-state index contributed by atoms with van der Waals surface area (Å²) < 4.78 is 0. The lowest BCUT2D eigenvalue weighted by atomic mass is 10.6. The van der Waals surface area contributed by atoms with Gasteiger partial charge in [0.05, 0.1) is 12.7 Å². The van der Waals surface area contributed by atoms with Crippen molar-refractivity contribution >= 4 is 21.5 Å². The SMILES string of the molecule is Nc1cnc(NCc2ncn[nH]2)s1. The number of nitrogens with two attached hydrogens (primary N) is 1. The van der Waals surface area contributed by atoms with Gasteiger partial charge in [-0.2, -0.15) is 5.10 Å². The zero-order valence-corrected chi connectivity index (χ0v) is 7.51. The maximum absolute atomic E-state index is 5.51. The van der Waals surface area contributed by atoms with Crippen LogP contribution in [0, 0.1) is 0 Å². The van der Waals surface area contributed by atoms with Gasteiger partial charge in [0.1, 0.15) is 17.2 Å². The van der Waals surface area contributed by atoms with Gasteiger partial charge in [-0.1, -0.05) is 11.3 Å². The fraction of sp³-hybridized carbons (Fsp3) is 0.167. The molecule has 68 valence electrons. The second-order valence-electron chi connectivity index (χ2n) is 2.35. The molecule has 0 bridgehead atoms. The molecule has 0 atom stereocenters. The van der Waals surface area contributed by atoms with Crippen LogP contribution in [0.15, 0.2) is 12.5 Å². The summed E-state index contributed by atoms with van der Waals surface area (Å²) >= 11 is 1.40. The molecule has 0 saturated heterocycles. The van der Waals surface area contributed by atoms with Crippen LogP contribution in [0.25, 0.3) is 0 Å². The molecule has 6 nitrogen and oxygen atoms in total. The van der Waals surface area contributed by atoms with Crippen molar-refractivity contribution in [3.63, 3.8) is 0 Å². The summed E-state index contributed by atoms with van der Waals surface area (Å²) in [4.78, 5) is 7.99. The first-order valence-electron chi connectivity index (χ1n) is 3.64. The lowest BCUT2D eigenvalue weighted by molar-refractivity contribution is 0.952. The lowest BCUT2D eigenvalue weighted by Crippen LogP contribution is -2.00. The van der Waals surface area contributed by atoms with Gasteiger partial charge < -0.3 is 11.1 Å². The molecule has 0 fully saturated rings. The quantitative estimate of drug-likeness (QED) is 0.663. The molecule has 2 aromatic rings. The minimum Gasteiger partial charge on any atom is -0.389 e. The van der Waals surface area contributed by atoms with E-state index < -0.39 is 0 Å². The molecule has 0 radical (unpaired) electrons. The zero-order chi connectivity index (χ0) is 9.10. The maximum atomic E-state index is 5.51. The standard InChI is InChI=1S/C6H8N6S/c7-4-1-8-6(13-4)9-2-5-10-3-11-12-5/h1,3H,2,7H2,(H,8,9)(H,10,11,12). The highest BCUT2D eigenvalue weighted by atomic mass is 32.1. The number of nitrogen functional groups attached to an aromatic ring is 1. The highest BCUT2D eigenvalue weighted by molar-refractivity contribution is 7.19. The third-order valence-electron chi connectivity index (χ3n) is 1.40. The van der Waals surface area contributed by atoms with E-state index in [4.69, 9.17) is 5.73 Å². The van der Waals surface area contributed by atoms with Crippen molar-refractivity contribution in [3.05, 3.63) is 18.3 Å². The molecule has 0 spiro atoms. The predicted octanol–water partition coefficient (Wildman–Crippen LogP) is 0.456. The number of anilines is 2. The molecule has 2 rings (SSSR count). The molecule has 2 aromatic heterocycles. The number of aromatic nitrogens is 4. The van der Waals surface area contributed by atoms with Crippen LogP contribution in [0.5, 0.6) is 0 Å². The van der Waals surface area contributed by atoms with Gasteiger partial charge in [-0.3, -0.25) is 5.10 Å². The first kappa shape index (κ1) is 7.99. The first-order valence-corrected chi connectivity index (χ1v) is 4.45. The van der Waals surface area contributed by atoms with Crippen LogP contribution in [0.1, 0.15) is 5.82 Å². The Labute approximate surface area is 78.2 Å². The smallest absolute Gasteiger partial charge is 0.184 e. The highest BCUT2D eigenvalue weighted by Crippen LogP contribution is 2.19. The topological polar surface area (TPSA) is 92.5 Å². The van der Waals surface area contributed by atoms with E-state index in [2.05, 4.69) is 25.5 Å². The minimum absolute atomic E-state index is 0.576. The Hall–Kier alpha value is -1.63. The van der Waals surface area contributed by atoms with Gasteiger partial charge >= 0.3 is 0 Å². The molecule has 0 unspecified atom stereocenters. The van der Waals surface area contributed by atoms with E-state index in [1.165, 1.54) is 17.7 Å². The van der Waals surface area contributed by atoms with Crippen molar-refractivity contribution in [2.75, 3.05) is 11.1 Å². The van der Waals surface area contributed by atoms with Crippen molar-refractivity contribution in [2.24, 2.45) is 0 Å². The minimum atomic E-state index is 0.576. The van der Waals surface area contributed by atoms with Crippen molar-refractivity contribution in [2.45, 2.75) is 6.54 Å². The molecular weight excluding hydrogens is 188 g/mol. The molecule has 7 heteroatoms. The largest absolute Gasteiger partial charge is 0.389 e. The molecule has 0 aliphatic rings. The summed E-state index contributed by atoms with van der Waals surface area (Å²) in [6.07, 6.45) is 3.08. The van der Waals surface area contributed by atoms with Crippen LogP contribution in [-0.2, 0) is 6.54 Å². The van der Waals surface area contributed by atoms with E-state index >= 15 is 0 Å². The maximum Gasteiger partial charge on any atom is 0.184 e. The molecule has 4 N–H and O–H groups in total. The Morgan fingerprint density at radius 2 is 2.46 bits per heavy atom. The molecule has 0 aliphatic carbocycles. The van der Waals surface area contributed by atoms with Crippen LogP contribution in [0.4, 0.5) is 10.1 Å². The van der Waals surface area contributed by atoms with E-state index in [9.17, 15) is 0 Å².